The van der Waals surface area contributed by atoms with Crippen molar-refractivity contribution in [3.63, 3.8) is 0 Å². The first-order valence-electron chi connectivity index (χ1n) is 9.55. The first-order valence-corrected chi connectivity index (χ1v) is 10.3. The average molecular weight is 481 g/mol. The Morgan fingerprint density at radius 3 is 2.41 bits per heavy atom. The van der Waals surface area contributed by atoms with E-state index in [9.17, 15) is 18.0 Å². The van der Waals surface area contributed by atoms with Crippen LogP contribution in [0.4, 0.5) is 13.2 Å². The smallest absolute Gasteiger partial charge is 0.304 e. The fraction of sp³-hybridized carbons (Fsp3) is 0.182. The number of alkyl halides is 3. The van der Waals surface area contributed by atoms with Gasteiger partial charge < -0.3 is 5.32 Å². The number of aryl methyl sites for hydroxylation is 1. The van der Waals surface area contributed by atoms with Crippen molar-refractivity contribution in [1.29, 1.82) is 0 Å². The van der Waals surface area contributed by atoms with Crippen LogP contribution in [0.15, 0.2) is 59.5 Å². The molecule has 166 valence electrons. The van der Waals surface area contributed by atoms with Crippen LogP contribution in [0.1, 0.15) is 5.56 Å². The van der Waals surface area contributed by atoms with Crippen molar-refractivity contribution < 1.29 is 13.2 Å². The van der Waals surface area contributed by atoms with Crippen molar-refractivity contribution in [3.05, 3.63) is 80.7 Å². The predicted octanol–water partition coefficient (Wildman–Crippen LogP) is 5.33. The van der Waals surface area contributed by atoms with Crippen LogP contribution < -0.4 is 10.9 Å². The van der Waals surface area contributed by atoms with Gasteiger partial charge in [-0.3, -0.25) is 9.48 Å². The molecular weight excluding hydrogens is 464 g/mol. The molecule has 4 aromatic rings. The number of halogens is 5. The molecule has 0 aliphatic carbocycles. The van der Waals surface area contributed by atoms with E-state index in [0.29, 0.717) is 32.5 Å². The molecule has 1 N–H and O–H groups in total. The first-order chi connectivity index (χ1) is 15.2. The lowest BCUT2D eigenvalue weighted by Crippen LogP contribution is -2.32. The fourth-order valence-corrected chi connectivity index (χ4v) is 3.95. The van der Waals surface area contributed by atoms with Gasteiger partial charge in [-0.1, -0.05) is 53.5 Å². The van der Waals surface area contributed by atoms with Crippen LogP contribution in [0.5, 0.6) is 0 Å². The van der Waals surface area contributed by atoms with Crippen molar-refractivity contribution in [2.45, 2.75) is 12.7 Å². The summed E-state index contributed by atoms with van der Waals surface area (Å²) < 4.78 is 40.4. The van der Waals surface area contributed by atoms with E-state index >= 15 is 0 Å². The van der Waals surface area contributed by atoms with Gasteiger partial charge in [0.25, 0.3) is 5.56 Å². The van der Waals surface area contributed by atoms with Gasteiger partial charge >= 0.3 is 6.18 Å². The van der Waals surface area contributed by atoms with Gasteiger partial charge in [-0.2, -0.15) is 17.7 Å². The van der Waals surface area contributed by atoms with Crippen LogP contribution in [0, 0.1) is 0 Å². The van der Waals surface area contributed by atoms with E-state index in [-0.39, 0.29) is 12.1 Å². The van der Waals surface area contributed by atoms with Crippen molar-refractivity contribution in [3.8, 4) is 22.4 Å². The molecule has 2 aromatic carbocycles. The topological polar surface area (TPSA) is 51.3 Å². The molecule has 2 heterocycles. The maximum atomic E-state index is 13.2. The molecule has 0 amide bonds. The quantitative estimate of drug-likeness (QED) is 0.420. The highest BCUT2D eigenvalue weighted by Gasteiger charge is 2.27. The molecule has 0 unspecified atom stereocenters. The minimum absolute atomic E-state index is 0.112. The van der Waals surface area contributed by atoms with Crippen LogP contribution in [0.2, 0.25) is 10.0 Å². The van der Waals surface area contributed by atoms with Gasteiger partial charge in [0, 0.05) is 35.4 Å². The Labute approximate surface area is 191 Å². The Balaban J connectivity index is 1.95. The number of benzene rings is 2. The van der Waals surface area contributed by atoms with Gasteiger partial charge in [0.05, 0.1) is 23.4 Å². The lowest BCUT2D eigenvalue weighted by Gasteiger charge is -2.10. The van der Waals surface area contributed by atoms with Crippen LogP contribution in [0.25, 0.3) is 28.0 Å². The maximum Gasteiger partial charge on any atom is 0.401 e. The number of hydrogen-bond acceptors (Lipinski definition) is 3. The Kier molecular flexibility index (Phi) is 6.03. The molecule has 0 aliphatic rings. The zero-order valence-corrected chi connectivity index (χ0v) is 18.3. The minimum Gasteiger partial charge on any atom is -0.304 e. The fourth-order valence-electron chi connectivity index (χ4n) is 3.60. The summed E-state index contributed by atoms with van der Waals surface area (Å²) in [5.41, 5.74) is 2.74. The summed E-state index contributed by atoms with van der Waals surface area (Å²) >= 11 is 12.5. The third-order valence-electron chi connectivity index (χ3n) is 5.00. The zero-order valence-electron chi connectivity index (χ0n) is 16.8. The summed E-state index contributed by atoms with van der Waals surface area (Å²) in [6.45, 7) is -1.47. The van der Waals surface area contributed by atoms with Crippen LogP contribution >= 0.6 is 23.2 Å². The van der Waals surface area contributed by atoms with Gasteiger partial charge in [-0.25, -0.2) is 4.98 Å². The van der Waals surface area contributed by atoms with E-state index in [0.717, 1.165) is 5.56 Å². The lowest BCUT2D eigenvalue weighted by atomic mass is 10.0. The highest BCUT2D eigenvalue weighted by molar-refractivity contribution is 6.33. The second kappa shape index (κ2) is 8.61. The Morgan fingerprint density at radius 2 is 1.75 bits per heavy atom. The van der Waals surface area contributed by atoms with Gasteiger partial charge in [-0.15, -0.1) is 0 Å². The predicted molar refractivity (Wildman–Crippen MR) is 119 cm³/mol. The third-order valence-corrected chi connectivity index (χ3v) is 5.58. The van der Waals surface area contributed by atoms with Gasteiger partial charge in [0.2, 0.25) is 0 Å². The minimum atomic E-state index is -4.38. The van der Waals surface area contributed by atoms with Crippen LogP contribution in [-0.2, 0) is 13.6 Å². The summed E-state index contributed by atoms with van der Waals surface area (Å²) in [4.78, 5) is 17.6. The summed E-state index contributed by atoms with van der Waals surface area (Å²) in [5, 5.41) is 3.28. The van der Waals surface area contributed by atoms with Crippen LogP contribution in [-0.4, -0.2) is 26.9 Å². The van der Waals surface area contributed by atoms with Crippen molar-refractivity contribution >= 4 is 28.8 Å². The number of rotatable bonds is 5. The number of hydrogen-bond donors (Lipinski definition) is 1. The van der Waals surface area contributed by atoms with Crippen molar-refractivity contribution in [2.75, 3.05) is 6.54 Å². The molecule has 5 nitrogen and oxygen atoms in total. The van der Waals surface area contributed by atoms with E-state index in [1.807, 2.05) is 24.3 Å². The summed E-state index contributed by atoms with van der Waals surface area (Å²) in [6, 6.07) is 14.3. The number of fused-ring (bicyclic) bond motifs is 1. The number of nitrogens with one attached hydrogen (secondary N) is 1. The molecule has 4 rings (SSSR count). The maximum absolute atomic E-state index is 13.2. The molecule has 0 saturated heterocycles. The second-order valence-corrected chi connectivity index (χ2v) is 8.02. The van der Waals surface area contributed by atoms with Crippen molar-refractivity contribution in [2.24, 2.45) is 7.05 Å². The number of nitrogens with zero attached hydrogens (tertiary/aromatic N) is 3. The molecule has 0 saturated carbocycles. The molecule has 0 fully saturated rings. The summed E-state index contributed by atoms with van der Waals surface area (Å²) in [5.74, 6) is 0. The highest BCUT2D eigenvalue weighted by atomic mass is 35.5. The molecule has 0 aliphatic heterocycles. The molecule has 0 spiro atoms. The first kappa shape index (κ1) is 22.4. The third kappa shape index (κ3) is 4.26. The average Bonchev–Trinajstić information content (AvgIpc) is 3.03. The molecule has 0 atom stereocenters. The zero-order chi connectivity index (χ0) is 23.0. The molecular formula is C22H17Cl2F3N4O. The molecule has 2 aromatic heterocycles. The molecule has 0 radical (unpaired) electrons. The molecule has 0 bridgehead atoms. The molecule has 10 heteroatoms. The normalized spacial score (nSPS) is 11.9. The van der Waals surface area contributed by atoms with Gasteiger partial charge in [0.1, 0.15) is 0 Å². The summed E-state index contributed by atoms with van der Waals surface area (Å²) in [6.07, 6.45) is -3.07. The van der Waals surface area contributed by atoms with E-state index in [1.54, 1.807) is 36.0 Å². The Morgan fingerprint density at radius 1 is 1.06 bits per heavy atom. The highest BCUT2D eigenvalue weighted by Crippen LogP contribution is 2.38. The second-order valence-electron chi connectivity index (χ2n) is 7.18. The molecule has 32 heavy (non-hydrogen) atoms. The van der Waals surface area contributed by atoms with E-state index in [4.69, 9.17) is 23.2 Å². The summed E-state index contributed by atoms with van der Waals surface area (Å²) in [7, 11) is 1.68. The van der Waals surface area contributed by atoms with Crippen LogP contribution in [0.3, 0.4) is 0 Å². The standard InChI is InChI=1S/C22H17Cl2F3N4O/c1-30-19(16-4-2-3-5-17(16)24)18(13-6-8-15(23)9-7-13)20-29-11-14(21(32)31(20)30)10-28-12-22(25,26)27/h2-9,11,28H,10,12H2,1H3. The lowest BCUT2D eigenvalue weighted by molar-refractivity contribution is -0.125. The van der Waals surface area contributed by atoms with Gasteiger partial charge in [-0.05, 0) is 23.8 Å². The SMILES string of the molecule is Cn1c(-c2ccccc2Cl)c(-c2ccc(Cl)cc2)c2ncc(CNCC(F)(F)F)c(=O)n21. The van der Waals surface area contributed by atoms with E-state index in [2.05, 4.69) is 10.3 Å². The van der Waals surface area contributed by atoms with E-state index < -0.39 is 18.3 Å². The largest absolute Gasteiger partial charge is 0.401 e. The monoisotopic (exact) mass is 480 g/mol. The van der Waals surface area contributed by atoms with Gasteiger partial charge in [0.15, 0.2) is 5.65 Å². The Hall–Kier alpha value is -2.81. The van der Waals surface area contributed by atoms with Crippen molar-refractivity contribution in [1.82, 2.24) is 19.5 Å². The Bertz CT molecular complexity index is 1340. The number of aromatic nitrogens is 3. The van der Waals surface area contributed by atoms with E-state index in [1.165, 1.54) is 10.7 Å².